The van der Waals surface area contributed by atoms with Gasteiger partial charge in [0.05, 0.1) is 7.11 Å². The molecule has 0 amide bonds. The number of carbonyl (C=O) groups excluding carboxylic acids is 1. The molecule has 0 N–H and O–H groups in total. The number of hydrogen-bond acceptors (Lipinski definition) is 4. The number of benzene rings is 1. The first-order valence-electron chi connectivity index (χ1n) is 4.25. The van der Waals surface area contributed by atoms with Crippen LogP contribution >= 0.6 is 0 Å². The van der Waals surface area contributed by atoms with Crippen molar-refractivity contribution in [2.24, 2.45) is 5.18 Å². The molecule has 0 unspecified atom stereocenters. The molecule has 0 spiro atoms. The highest BCUT2D eigenvalue weighted by molar-refractivity contribution is 5.69. The van der Waals surface area contributed by atoms with Crippen molar-refractivity contribution >= 4 is 11.7 Å². The Morgan fingerprint density at radius 3 is 2.50 bits per heavy atom. The third-order valence-corrected chi connectivity index (χ3v) is 1.89. The molecule has 4 nitrogen and oxygen atoms in total. The summed E-state index contributed by atoms with van der Waals surface area (Å²) in [6.45, 7) is 0. The molecule has 0 fully saturated rings. The van der Waals surface area contributed by atoms with E-state index in [1.165, 1.54) is 7.11 Å². The fraction of sp³-hybridized carbons (Fsp3) is 0.300. The van der Waals surface area contributed by atoms with Crippen LogP contribution in [0.4, 0.5) is 5.69 Å². The standard InChI is InChI=1S/C10H11NO3/c1-14-10(12)7-4-8-2-5-9(11-13)6-3-8/h2-3,5-6H,4,7H2,1H3. The number of esters is 1. The summed E-state index contributed by atoms with van der Waals surface area (Å²) in [5.74, 6) is -0.234. The number of aryl methyl sites for hydroxylation is 1. The van der Waals surface area contributed by atoms with E-state index in [-0.39, 0.29) is 5.97 Å². The summed E-state index contributed by atoms with van der Waals surface area (Å²) in [5, 5.41) is 2.78. The summed E-state index contributed by atoms with van der Waals surface area (Å²) in [6.07, 6.45) is 0.968. The van der Waals surface area contributed by atoms with Gasteiger partial charge in [-0.15, -0.1) is 4.91 Å². The van der Waals surface area contributed by atoms with Gasteiger partial charge in [-0.05, 0) is 29.3 Å². The number of nitroso groups, excluding NO2 is 1. The molecular formula is C10H11NO3. The van der Waals surface area contributed by atoms with E-state index >= 15 is 0 Å². The normalized spacial score (nSPS) is 9.50. The minimum absolute atomic E-state index is 0.234. The van der Waals surface area contributed by atoms with Gasteiger partial charge in [0, 0.05) is 6.42 Å². The molecule has 0 aliphatic heterocycles. The lowest BCUT2D eigenvalue weighted by Crippen LogP contribution is -2.01. The molecule has 0 saturated carbocycles. The second kappa shape index (κ2) is 5.11. The topological polar surface area (TPSA) is 55.7 Å². The molecule has 0 radical (unpaired) electrons. The van der Waals surface area contributed by atoms with E-state index in [0.717, 1.165) is 5.56 Å². The molecule has 1 aromatic carbocycles. The van der Waals surface area contributed by atoms with Gasteiger partial charge in [0.1, 0.15) is 5.69 Å². The molecule has 14 heavy (non-hydrogen) atoms. The number of hydrogen-bond donors (Lipinski definition) is 0. The summed E-state index contributed by atoms with van der Waals surface area (Å²) >= 11 is 0. The molecule has 0 aliphatic rings. The number of ether oxygens (including phenoxy) is 1. The lowest BCUT2D eigenvalue weighted by Gasteiger charge is -1.99. The zero-order valence-electron chi connectivity index (χ0n) is 7.90. The van der Waals surface area contributed by atoms with Gasteiger partial charge >= 0.3 is 5.97 Å². The number of rotatable bonds is 4. The Hall–Kier alpha value is -1.71. The summed E-state index contributed by atoms with van der Waals surface area (Å²) in [6, 6.07) is 6.80. The van der Waals surface area contributed by atoms with Crippen molar-refractivity contribution in [3.05, 3.63) is 34.7 Å². The zero-order chi connectivity index (χ0) is 10.4. The Labute approximate surface area is 81.9 Å². The lowest BCUT2D eigenvalue weighted by molar-refractivity contribution is -0.140. The number of methoxy groups -OCH3 is 1. The molecule has 0 heterocycles. The lowest BCUT2D eigenvalue weighted by atomic mass is 10.1. The maximum Gasteiger partial charge on any atom is 0.305 e. The van der Waals surface area contributed by atoms with E-state index in [0.29, 0.717) is 18.5 Å². The molecule has 0 atom stereocenters. The van der Waals surface area contributed by atoms with E-state index in [1.807, 2.05) is 0 Å². The van der Waals surface area contributed by atoms with E-state index in [9.17, 15) is 9.70 Å². The fourth-order valence-electron chi connectivity index (χ4n) is 1.07. The van der Waals surface area contributed by atoms with Crippen molar-refractivity contribution in [2.75, 3.05) is 7.11 Å². The molecular weight excluding hydrogens is 182 g/mol. The molecule has 1 aromatic rings. The van der Waals surface area contributed by atoms with Crippen LogP contribution in [0.5, 0.6) is 0 Å². The Bertz CT molecular complexity index is 319. The number of carbonyl (C=O) groups is 1. The highest BCUT2D eigenvalue weighted by atomic mass is 16.5. The smallest absolute Gasteiger partial charge is 0.305 e. The third-order valence-electron chi connectivity index (χ3n) is 1.89. The largest absolute Gasteiger partial charge is 0.469 e. The van der Waals surface area contributed by atoms with E-state index in [1.54, 1.807) is 24.3 Å². The molecule has 0 saturated heterocycles. The van der Waals surface area contributed by atoms with Gasteiger partial charge in [0.15, 0.2) is 0 Å². The highest BCUT2D eigenvalue weighted by Gasteiger charge is 2.01. The highest BCUT2D eigenvalue weighted by Crippen LogP contribution is 2.13. The second-order valence-corrected chi connectivity index (χ2v) is 2.83. The molecule has 0 aromatic heterocycles. The number of nitrogens with zero attached hydrogens (tertiary/aromatic N) is 1. The van der Waals surface area contributed by atoms with Crippen molar-refractivity contribution < 1.29 is 9.53 Å². The van der Waals surface area contributed by atoms with Crippen LogP contribution in [0.2, 0.25) is 0 Å². The van der Waals surface area contributed by atoms with Gasteiger partial charge in [-0.3, -0.25) is 4.79 Å². The van der Waals surface area contributed by atoms with Crippen molar-refractivity contribution in [1.82, 2.24) is 0 Å². The van der Waals surface area contributed by atoms with Crippen LogP contribution in [0.1, 0.15) is 12.0 Å². The summed E-state index contributed by atoms with van der Waals surface area (Å²) in [5.41, 5.74) is 1.38. The third kappa shape index (κ3) is 2.97. The van der Waals surface area contributed by atoms with Crippen LogP contribution in [0.25, 0.3) is 0 Å². The van der Waals surface area contributed by atoms with E-state index in [2.05, 4.69) is 9.91 Å². The van der Waals surface area contributed by atoms with Gasteiger partial charge in [-0.2, -0.15) is 0 Å². The van der Waals surface area contributed by atoms with E-state index in [4.69, 9.17) is 0 Å². The fourth-order valence-corrected chi connectivity index (χ4v) is 1.07. The first-order chi connectivity index (χ1) is 6.76. The Morgan fingerprint density at radius 2 is 2.00 bits per heavy atom. The van der Waals surface area contributed by atoms with Crippen LogP contribution in [0, 0.1) is 4.91 Å². The first-order valence-corrected chi connectivity index (χ1v) is 4.25. The van der Waals surface area contributed by atoms with Crippen LogP contribution in [-0.4, -0.2) is 13.1 Å². The molecule has 4 heteroatoms. The van der Waals surface area contributed by atoms with Crippen molar-refractivity contribution in [2.45, 2.75) is 12.8 Å². The average Bonchev–Trinajstić information content (AvgIpc) is 2.26. The quantitative estimate of drug-likeness (QED) is 0.544. The monoisotopic (exact) mass is 193 g/mol. The predicted molar refractivity (Wildman–Crippen MR) is 52.2 cm³/mol. The summed E-state index contributed by atoms with van der Waals surface area (Å²) < 4.78 is 4.51. The van der Waals surface area contributed by atoms with Crippen LogP contribution in [-0.2, 0) is 16.0 Å². The molecule has 0 aliphatic carbocycles. The molecule has 1 rings (SSSR count). The average molecular weight is 193 g/mol. The zero-order valence-corrected chi connectivity index (χ0v) is 7.90. The minimum atomic E-state index is -0.234. The second-order valence-electron chi connectivity index (χ2n) is 2.83. The van der Waals surface area contributed by atoms with Crippen molar-refractivity contribution in [1.29, 1.82) is 0 Å². The van der Waals surface area contributed by atoms with Gasteiger partial charge in [0.2, 0.25) is 0 Å². The van der Waals surface area contributed by atoms with Crippen LogP contribution in [0.3, 0.4) is 0 Å². The Kier molecular flexibility index (Phi) is 3.79. The van der Waals surface area contributed by atoms with E-state index < -0.39 is 0 Å². The van der Waals surface area contributed by atoms with Crippen molar-refractivity contribution in [3.63, 3.8) is 0 Å². The molecule has 0 bridgehead atoms. The SMILES string of the molecule is COC(=O)CCc1ccc(N=O)cc1. The summed E-state index contributed by atoms with van der Waals surface area (Å²) in [7, 11) is 1.36. The van der Waals surface area contributed by atoms with Crippen LogP contribution in [0.15, 0.2) is 29.4 Å². The maximum absolute atomic E-state index is 10.8. The van der Waals surface area contributed by atoms with Crippen LogP contribution < -0.4 is 0 Å². The molecule has 74 valence electrons. The van der Waals surface area contributed by atoms with Gasteiger partial charge in [-0.1, -0.05) is 12.1 Å². The Balaban J connectivity index is 2.51. The van der Waals surface area contributed by atoms with Gasteiger partial charge in [0.25, 0.3) is 0 Å². The predicted octanol–water partition coefficient (Wildman–Crippen LogP) is 2.19. The minimum Gasteiger partial charge on any atom is -0.469 e. The van der Waals surface area contributed by atoms with Crippen molar-refractivity contribution in [3.8, 4) is 0 Å². The Morgan fingerprint density at radius 1 is 1.36 bits per heavy atom. The maximum atomic E-state index is 10.8. The van der Waals surface area contributed by atoms with Gasteiger partial charge < -0.3 is 4.74 Å². The summed E-state index contributed by atoms with van der Waals surface area (Å²) in [4.78, 5) is 20.9. The first kappa shape index (κ1) is 10.4. The van der Waals surface area contributed by atoms with Gasteiger partial charge in [-0.25, -0.2) is 0 Å².